The summed E-state index contributed by atoms with van der Waals surface area (Å²) in [5.41, 5.74) is 0. The van der Waals surface area contributed by atoms with Crippen LogP contribution in [0.2, 0.25) is 19.6 Å². The van der Waals surface area contributed by atoms with Crippen LogP contribution in [0.5, 0.6) is 11.5 Å². The molecule has 7 nitrogen and oxygen atoms in total. The molecule has 0 unspecified atom stereocenters. The first-order valence-corrected chi connectivity index (χ1v) is 12.1. The van der Waals surface area contributed by atoms with Crippen molar-refractivity contribution >= 4 is 28.8 Å². The second-order valence-electron chi connectivity index (χ2n) is 4.95. The largest absolute Gasteiger partial charge is 0.438 e. The molecule has 0 N–H and O–H groups in total. The standard InChI is InChI=1S/C10H16O7S2Si/c1-18(11,12)15-9-6-5-7-10(8-9)16-19(13,14)17-20(2,3)4/h5-8H,1-4H3. The van der Waals surface area contributed by atoms with Crippen molar-refractivity contribution in [2.45, 2.75) is 19.6 Å². The second kappa shape index (κ2) is 5.72. The van der Waals surface area contributed by atoms with Gasteiger partial charge < -0.3 is 8.37 Å². The van der Waals surface area contributed by atoms with Crippen molar-refractivity contribution in [3.63, 3.8) is 0 Å². The van der Waals surface area contributed by atoms with E-state index in [2.05, 4.69) is 4.18 Å². The van der Waals surface area contributed by atoms with E-state index < -0.39 is 28.8 Å². The Bertz CT molecular complexity index is 674. The molecule has 0 aliphatic rings. The van der Waals surface area contributed by atoms with Crippen molar-refractivity contribution < 1.29 is 29.1 Å². The summed E-state index contributed by atoms with van der Waals surface area (Å²) in [7, 11) is -10.2. The Labute approximate surface area is 120 Å². The lowest BCUT2D eigenvalue weighted by Crippen LogP contribution is -2.31. The van der Waals surface area contributed by atoms with Crippen molar-refractivity contribution in [1.29, 1.82) is 0 Å². The molecule has 0 atom stereocenters. The van der Waals surface area contributed by atoms with Crippen LogP contribution in [-0.4, -0.2) is 31.4 Å². The zero-order valence-electron chi connectivity index (χ0n) is 11.5. The van der Waals surface area contributed by atoms with Gasteiger partial charge in [0.2, 0.25) is 8.32 Å². The maximum Gasteiger partial charge on any atom is 0.438 e. The van der Waals surface area contributed by atoms with Crippen LogP contribution >= 0.6 is 0 Å². The van der Waals surface area contributed by atoms with E-state index in [9.17, 15) is 16.8 Å². The van der Waals surface area contributed by atoms with Crippen LogP contribution in [-0.2, 0) is 24.4 Å². The third-order valence-electron chi connectivity index (χ3n) is 1.60. The Morgan fingerprint density at radius 3 is 1.90 bits per heavy atom. The molecule has 0 aromatic heterocycles. The lowest BCUT2D eigenvalue weighted by atomic mass is 10.3. The molecule has 0 aliphatic carbocycles. The molecule has 0 radical (unpaired) electrons. The lowest BCUT2D eigenvalue weighted by molar-refractivity contribution is 0.390. The van der Waals surface area contributed by atoms with Crippen LogP contribution < -0.4 is 8.37 Å². The summed E-state index contributed by atoms with van der Waals surface area (Å²) >= 11 is 0. The first-order chi connectivity index (χ1) is 8.86. The average molecular weight is 340 g/mol. The van der Waals surface area contributed by atoms with E-state index in [0.29, 0.717) is 0 Å². The van der Waals surface area contributed by atoms with E-state index in [0.717, 1.165) is 12.3 Å². The zero-order valence-corrected chi connectivity index (χ0v) is 14.1. The first-order valence-electron chi connectivity index (χ1n) is 5.51. The Kier molecular flexibility index (Phi) is 4.84. The predicted molar refractivity (Wildman–Crippen MR) is 75.9 cm³/mol. The molecule has 0 heterocycles. The normalized spacial score (nSPS) is 13.0. The zero-order chi connectivity index (χ0) is 15.6. The monoisotopic (exact) mass is 340 g/mol. The average Bonchev–Trinajstić information content (AvgIpc) is 2.09. The highest BCUT2D eigenvalue weighted by Gasteiger charge is 2.26. The van der Waals surface area contributed by atoms with Crippen LogP contribution in [0.3, 0.4) is 0 Å². The molecule has 1 aromatic rings. The minimum absolute atomic E-state index is 0.0480. The number of hydrogen-bond donors (Lipinski definition) is 0. The van der Waals surface area contributed by atoms with Gasteiger partial charge in [-0.1, -0.05) is 6.07 Å². The summed E-state index contributed by atoms with van der Waals surface area (Å²) in [4.78, 5) is 0. The summed E-state index contributed by atoms with van der Waals surface area (Å²) in [5, 5.41) is 0. The third-order valence-corrected chi connectivity index (χ3v) is 5.31. The van der Waals surface area contributed by atoms with Gasteiger partial charge in [0.1, 0.15) is 11.5 Å². The van der Waals surface area contributed by atoms with E-state index in [4.69, 9.17) is 8.06 Å². The van der Waals surface area contributed by atoms with E-state index in [-0.39, 0.29) is 11.5 Å². The molecule has 0 amide bonds. The van der Waals surface area contributed by atoms with Gasteiger partial charge in [-0.05, 0) is 31.8 Å². The highest BCUT2D eigenvalue weighted by atomic mass is 32.3. The topological polar surface area (TPSA) is 96.0 Å². The number of benzene rings is 1. The van der Waals surface area contributed by atoms with E-state index in [1.54, 1.807) is 19.6 Å². The van der Waals surface area contributed by atoms with Crippen molar-refractivity contribution in [3.8, 4) is 11.5 Å². The highest BCUT2D eigenvalue weighted by molar-refractivity contribution is 7.86. The third kappa shape index (κ3) is 6.89. The number of rotatable bonds is 6. The maximum absolute atomic E-state index is 11.6. The van der Waals surface area contributed by atoms with Crippen molar-refractivity contribution in [3.05, 3.63) is 24.3 Å². The predicted octanol–water partition coefficient (Wildman–Crippen LogP) is 1.50. The summed E-state index contributed by atoms with van der Waals surface area (Å²) in [6, 6.07) is 5.26. The molecular formula is C10H16O7S2Si. The molecule has 0 aliphatic heterocycles. The molecule has 10 heteroatoms. The summed E-state index contributed by atoms with van der Waals surface area (Å²) in [6.45, 7) is 5.07. The number of hydrogen-bond acceptors (Lipinski definition) is 7. The molecule has 0 saturated heterocycles. The fourth-order valence-corrected chi connectivity index (χ4v) is 4.57. The molecule has 0 fully saturated rings. The molecule has 0 spiro atoms. The van der Waals surface area contributed by atoms with Gasteiger partial charge in [0.25, 0.3) is 0 Å². The SMILES string of the molecule is C[Si](C)(C)OS(=O)(=O)Oc1cccc(OS(C)(=O)=O)c1. The summed E-state index contributed by atoms with van der Waals surface area (Å²) in [6.07, 6.45) is 0.881. The Morgan fingerprint density at radius 2 is 1.45 bits per heavy atom. The smallest absolute Gasteiger partial charge is 0.382 e. The maximum atomic E-state index is 11.6. The fourth-order valence-electron chi connectivity index (χ4n) is 1.19. The summed E-state index contributed by atoms with van der Waals surface area (Å²) in [5.74, 6) is -0.141. The van der Waals surface area contributed by atoms with Crippen molar-refractivity contribution in [1.82, 2.24) is 0 Å². The van der Waals surface area contributed by atoms with Crippen LogP contribution in [0, 0.1) is 0 Å². The van der Waals surface area contributed by atoms with E-state index in [1.807, 2.05) is 0 Å². The van der Waals surface area contributed by atoms with Gasteiger partial charge in [-0.25, -0.2) is 0 Å². The quantitative estimate of drug-likeness (QED) is 0.572. The van der Waals surface area contributed by atoms with Gasteiger partial charge in [-0.15, -0.1) is 0 Å². The van der Waals surface area contributed by atoms with Crippen molar-refractivity contribution in [2.24, 2.45) is 0 Å². The Hall–Kier alpha value is -1.10. The molecule has 0 bridgehead atoms. The first kappa shape index (κ1) is 16.9. The van der Waals surface area contributed by atoms with Gasteiger partial charge in [0, 0.05) is 6.07 Å². The van der Waals surface area contributed by atoms with Crippen LogP contribution in [0.25, 0.3) is 0 Å². The molecular weight excluding hydrogens is 324 g/mol. The molecule has 0 saturated carbocycles. The highest BCUT2D eigenvalue weighted by Crippen LogP contribution is 2.23. The van der Waals surface area contributed by atoms with E-state index >= 15 is 0 Å². The Morgan fingerprint density at radius 1 is 0.950 bits per heavy atom. The van der Waals surface area contributed by atoms with Gasteiger partial charge in [-0.2, -0.15) is 16.8 Å². The molecule has 20 heavy (non-hydrogen) atoms. The Balaban J connectivity index is 2.92. The molecule has 1 rings (SSSR count). The van der Waals surface area contributed by atoms with Gasteiger partial charge in [0.15, 0.2) is 0 Å². The van der Waals surface area contributed by atoms with Crippen LogP contribution in [0.15, 0.2) is 24.3 Å². The minimum atomic E-state index is -4.20. The van der Waals surface area contributed by atoms with Crippen molar-refractivity contribution in [2.75, 3.05) is 6.26 Å². The summed E-state index contributed by atoms with van der Waals surface area (Å²) < 4.78 is 59.5. The van der Waals surface area contributed by atoms with Crippen LogP contribution in [0.1, 0.15) is 0 Å². The van der Waals surface area contributed by atoms with E-state index in [1.165, 1.54) is 18.2 Å². The second-order valence-corrected chi connectivity index (χ2v) is 12.4. The van der Waals surface area contributed by atoms with Gasteiger partial charge >= 0.3 is 20.5 Å². The molecule has 1 aromatic carbocycles. The van der Waals surface area contributed by atoms with Gasteiger partial charge in [-0.3, -0.25) is 3.87 Å². The molecule has 114 valence electrons. The lowest BCUT2D eigenvalue weighted by Gasteiger charge is -2.16. The van der Waals surface area contributed by atoms with Gasteiger partial charge in [0.05, 0.1) is 6.26 Å². The fraction of sp³-hybridized carbons (Fsp3) is 0.400. The van der Waals surface area contributed by atoms with Crippen LogP contribution in [0.4, 0.5) is 0 Å². The minimum Gasteiger partial charge on any atom is -0.382 e.